The van der Waals surface area contributed by atoms with Crippen molar-refractivity contribution in [3.8, 4) is 16.9 Å². The van der Waals surface area contributed by atoms with Crippen LogP contribution in [0.4, 0.5) is 0 Å². The summed E-state index contributed by atoms with van der Waals surface area (Å²) < 4.78 is 5.52. The predicted molar refractivity (Wildman–Crippen MR) is 120 cm³/mol. The first-order valence-electron chi connectivity index (χ1n) is 9.95. The van der Waals surface area contributed by atoms with Gasteiger partial charge in [0.15, 0.2) is 5.78 Å². The lowest BCUT2D eigenvalue weighted by Gasteiger charge is -2.14. The van der Waals surface area contributed by atoms with E-state index in [0.717, 1.165) is 33.2 Å². The summed E-state index contributed by atoms with van der Waals surface area (Å²) >= 11 is 0. The van der Waals surface area contributed by atoms with Crippen molar-refractivity contribution in [2.45, 2.75) is 20.8 Å². The van der Waals surface area contributed by atoms with E-state index in [2.05, 4.69) is 68.4 Å². The molecular formula is C27H24O2. The summed E-state index contributed by atoms with van der Waals surface area (Å²) in [4.78, 5) is 13.6. The number of ketones is 1. The number of hydrogen-bond acceptors (Lipinski definition) is 2. The normalized spacial score (nSPS) is 10.9. The molecule has 0 N–H and O–H groups in total. The van der Waals surface area contributed by atoms with Crippen molar-refractivity contribution in [1.29, 1.82) is 0 Å². The van der Waals surface area contributed by atoms with Gasteiger partial charge in [0.25, 0.3) is 0 Å². The van der Waals surface area contributed by atoms with Gasteiger partial charge in [-0.15, -0.1) is 0 Å². The van der Waals surface area contributed by atoms with Gasteiger partial charge in [0.1, 0.15) is 5.75 Å². The van der Waals surface area contributed by atoms with Gasteiger partial charge in [0, 0.05) is 11.1 Å². The number of benzene rings is 4. The average Bonchev–Trinajstić information content (AvgIpc) is 2.74. The maximum absolute atomic E-state index is 13.6. The molecule has 0 aromatic heterocycles. The van der Waals surface area contributed by atoms with E-state index in [1.165, 1.54) is 11.1 Å². The molecule has 29 heavy (non-hydrogen) atoms. The Kier molecular flexibility index (Phi) is 5.18. The lowest BCUT2D eigenvalue weighted by Crippen LogP contribution is -2.05. The van der Waals surface area contributed by atoms with E-state index in [4.69, 9.17) is 4.74 Å². The molecule has 0 bridgehead atoms. The van der Waals surface area contributed by atoms with Crippen LogP contribution in [0.3, 0.4) is 0 Å². The fourth-order valence-corrected chi connectivity index (χ4v) is 3.68. The van der Waals surface area contributed by atoms with E-state index in [-0.39, 0.29) is 5.78 Å². The molecule has 2 nitrogen and oxygen atoms in total. The zero-order valence-corrected chi connectivity index (χ0v) is 17.0. The lowest BCUT2D eigenvalue weighted by molar-refractivity contribution is 0.104. The number of carbonyl (C=O) groups excluding carboxylic acids is 1. The van der Waals surface area contributed by atoms with Gasteiger partial charge in [0.05, 0.1) is 6.61 Å². The second kappa shape index (κ2) is 7.92. The Morgan fingerprint density at radius 2 is 1.48 bits per heavy atom. The van der Waals surface area contributed by atoms with Crippen LogP contribution >= 0.6 is 0 Å². The third kappa shape index (κ3) is 3.79. The minimum atomic E-state index is 0.0260. The number of fused-ring (bicyclic) bond motifs is 1. The molecule has 4 aromatic carbocycles. The largest absolute Gasteiger partial charge is 0.494 e. The quantitative estimate of drug-likeness (QED) is 0.358. The molecule has 0 aliphatic carbocycles. The summed E-state index contributed by atoms with van der Waals surface area (Å²) in [5.41, 5.74) is 5.79. The zero-order chi connectivity index (χ0) is 20.4. The van der Waals surface area contributed by atoms with Crippen molar-refractivity contribution in [2.24, 2.45) is 0 Å². The van der Waals surface area contributed by atoms with Crippen molar-refractivity contribution in [1.82, 2.24) is 0 Å². The van der Waals surface area contributed by atoms with Gasteiger partial charge in [-0.2, -0.15) is 0 Å². The first-order valence-corrected chi connectivity index (χ1v) is 9.95. The zero-order valence-electron chi connectivity index (χ0n) is 17.0. The van der Waals surface area contributed by atoms with Gasteiger partial charge in [-0.1, -0.05) is 65.7 Å². The lowest BCUT2D eigenvalue weighted by atomic mass is 9.88. The number of carbonyl (C=O) groups is 1. The van der Waals surface area contributed by atoms with Gasteiger partial charge in [0.2, 0.25) is 0 Å². The van der Waals surface area contributed by atoms with Crippen molar-refractivity contribution >= 4 is 16.6 Å². The smallest absolute Gasteiger partial charge is 0.194 e. The Morgan fingerprint density at radius 1 is 0.793 bits per heavy atom. The molecule has 4 aromatic rings. The van der Waals surface area contributed by atoms with Gasteiger partial charge >= 0.3 is 0 Å². The van der Waals surface area contributed by atoms with Crippen molar-refractivity contribution < 1.29 is 9.53 Å². The summed E-state index contributed by atoms with van der Waals surface area (Å²) in [6, 6.07) is 26.2. The van der Waals surface area contributed by atoms with Gasteiger partial charge in [-0.25, -0.2) is 0 Å². The van der Waals surface area contributed by atoms with Crippen molar-refractivity contribution in [2.75, 3.05) is 6.61 Å². The third-order valence-corrected chi connectivity index (χ3v) is 5.19. The van der Waals surface area contributed by atoms with E-state index in [1.54, 1.807) is 0 Å². The van der Waals surface area contributed by atoms with Crippen LogP contribution in [0.5, 0.6) is 5.75 Å². The average molecular weight is 380 g/mol. The molecule has 0 heterocycles. The van der Waals surface area contributed by atoms with Crippen LogP contribution in [0.25, 0.3) is 21.9 Å². The Labute approximate surface area is 171 Å². The van der Waals surface area contributed by atoms with E-state index >= 15 is 0 Å². The Bertz CT molecular complexity index is 1170. The molecule has 0 aliphatic rings. The molecule has 2 heteroatoms. The van der Waals surface area contributed by atoms with Crippen LogP contribution in [-0.4, -0.2) is 12.4 Å². The highest BCUT2D eigenvalue weighted by Crippen LogP contribution is 2.33. The molecule has 0 saturated heterocycles. The highest BCUT2D eigenvalue weighted by molar-refractivity contribution is 6.20. The number of ether oxygens (including phenoxy) is 1. The van der Waals surface area contributed by atoms with E-state index < -0.39 is 0 Å². The van der Waals surface area contributed by atoms with Crippen LogP contribution in [0.15, 0.2) is 78.9 Å². The molecular weight excluding hydrogens is 356 g/mol. The SMILES string of the molecule is CCOc1ccc(C(=O)c2c(-c3ccc(C)cc3)ccc3cc(C)ccc23)cc1. The summed E-state index contributed by atoms with van der Waals surface area (Å²) in [7, 11) is 0. The Hall–Kier alpha value is -3.39. The van der Waals surface area contributed by atoms with Crippen LogP contribution < -0.4 is 4.74 Å². The topological polar surface area (TPSA) is 26.3 Å². The van der Waals surface area contributed by atoms with Gasteiger partial charge in [-0.05, 0) is 66.9 Å². The first-order chi connectivity index (χ1) is 14.1. The van der Waals surface area contributed by atoms with Crippen LogP contribution in [0.1, 0.15) is 34.0 Å². The first kappa shape index (κ1) is 18.9. The van der Waals surface area contributed by atoms with E-state index in [0.29, 0.717) is 12.2 Å². The summed E-state index contributed by atoms with van der Waals surface area (Å²) in [5.74, 6) is 0.800. The fraction of sp³-hybridized carbons (Fsp3) is 0.148. The predicted octanol–water partition coefficient (Wildman–Crippen LogP) is 6.75. The summed E-state index contributed by atoms with van der Waals surface area (Å²) in [6.07, 6.45) is 0. The van der Waals surface area contributed by atoms with Gasteiger partial charge in [-0.3, -0.25) is 4.79 Å². The van der Waals surface area contributed by atoms with Crippen molar-refractivity contribution in [3.63, 3.8) is 0 Å². The van der Waals surface area contributed by atoms with Crippen LogP contribution in [-0.2, 0) is 0 Å². The molecule has 0 amide bonds. The van der Waals surface area contributed by atoms with E-state index in [1.807, 2.05) is 31.2 Å². The number of aryl methyl sites for hydroxylation is 2. The van der Waals surface area contributed by atoms with Crippen molar-refractivity contribution in [3.05, 3.63) is 101 Å². The molecule has 0 unspecified atom stereocenters. The van der Waals surface area contributed by atoms with Gasteiger partial charge < -0.3 is 4.74 Å². The summed E-state index contributed by atoms with van der Waals surface area (Å²) in [5, 5.41) is 2.06. The standard InChI is InChI=1S/C27H24O2/c1-4-29-23-13-10-21(11-14-23)27(28)26-24(20-8-5-18(2)6-9-20)16-12-22-17-19(3)7-15-25(22)26/h5-17H,4H2,1-3H3. The number of rotatable bonds is 5. The highest BCUT2D eigenvalue weighted by atomic mass is 16.5. The minimum Gasteiger partial charge on any atom is -0.494 e. The Morgan fingerprint density at radius 3 is 2.17 bits per heavy atom. The molecule has 0 radical (unpaired) electrons. The molecule has 0 atom stereocenters. The second-order valence-electron chi connectivity index (χ2n) is 7.37. The number of hydrogen-bond donors (Lipinski definition) is 0. The minimum absolute atomic E-state index is 0.0260. The van der Waals surface area contributed by atoms with Crippen LogP contribution in [0.2, 0.25) is 0 Å². The maximum atomic E-state index is 13.6. The van der Waals surface area contributed by atoms with Crippen LogP contribution in [0, 0.1) is 13.8 Å². The maximum Gasteiger partial charge on any atom is 0.194 e. The highest BCUT2D eigenvalue weighted by Gasteiger charge is 2.18. The second-order valence-corrected chi connectivity index (χ2v) is 7.37. The Balaban J connectivity index is 1.90. The third-order valence-electron chi connectivity index (χ3n) is 5.19. The molecule has 0 aliphatic heterocycles. The fourth-order valence-electron chi connectivity index (χ4n) is 3.68. The molecule has 0 fully saturated rings. The van der Waals surface area contributed by atoms with E-state index in [9.17, 15) is 4.79 Å². The molecule has 144 valence electrons. The monoisotopic (exact) mass is 380 g/mol. The molecule has 4 rings (SSSR count). The molecule has 0 saturated carbocycles. The summed E-state index contributed by atoms with van der Waals surface area (Å²) in [6.45, 7) is 6.69. The molecule has 0 spiro atoms.